The van der Waals surface area contributed by atoms with Gasteiger partial charge >= 0.3 is 0 Å². The molecular weight excluding hydrogens is 378 g/mol. The van der Waals surface area contributed by atoms with Gasteiger partial charge in [0.15, 0.2) is 0 Å². The molecule has 1 aliphatic rings. The molecule has 0 aromatic heterocycles. The number of sulfonamides is 1. The average Bonchev–Trinajstić information content (AvgIpc) is 2.70. The summed E-state index contributed by atoms with van der Waals surface area (Å²) in [6.07, 6.45) is 3.33. The van der Waals surface area contributed by atoms with Crippen molar-refractivity contribution in [1.82, 2.24) is 4.31 Å². The summed E-state index contributed by atoms with van der Waals surface area (Å²) in [6.45, 7) is 8.10. The molecule has 0 radical (unpaired) electrons. The lowest BCUT2D eigenvalue weighted by atomic mass is 10.1. The smallest absolute Gasteiger partial charge is 0.253 e. The number of piperidine rings is 1. The second-order valence-electron chi connectivity index (χ2n) is 6.94. The summed E-state index contributed by atoms with van der Waals surface area (Å²) >= 11 is 0. The van der Waals surface area contributed by atoms with Crippen molar-refractivity contribution in [2.45, 2.75) is 57.5 Å². The third kappa shape index (κ3) is 5.04. The van der Waals surface area contributed by atoms with Gasteiger partial charge in [-0.15, -0.1) is 0 Å². The Labute approximate surface area is 169 Å². The average molecular weight is 412 g/mol. The highest BCUT2D eigenvalue weighted by Crippen LogP contribution is 2.32. The molecule has 1 unspecified atom stereocenters. The molecule has 1 heterocycles. The first-order valence-corrected chi connectivity index (χ1v) is 11.6. The van der Waals surface area contributed by atoms with E-state index in [9.17, 15) is 13.2 Å². The number of ether oxygens (including phenoxy) is 1. The second-order valence-corrected chi connectivity index (χ2v) is 8.88. The van der Waals surface area contributed by atoms with Gasteiger partial charge in [-0.25, -0.2) is 8.42 Å². The van der Waals surface area contributed by atoms with Crippen LogP contribution < -0.4 is 10.2 Å². The van der Waals surface area contributed by atoms with Gasteiger partial charge in [-0.05, 0) is 43.9 Å². The third-order valence-electron chi connectivity index (χ3n) is 5.21. The minimum Gasteiger partial charge on any atom is -0.372 e. The summed E-state index contributed by atoms with van der Waals surface area (Å²) in [5, 5.41) is 2.91. The van der Waals surface area contributed by atoms with E-state index in [1.165, 1.54) is 17.8 Å². The number of anilines is 2. The van der Waals surface area contributed by atoms with Gasteiger partial charge in [-0.3, -0.25) is 4.79 Å². The number of carbonyl (C=O) groups excluding carboxylic acids is 1. The fourth-order valence-corrected chi connectivity index (χ4v) is 5.06. The fraction of sp³-hybridized carbons (Fsp3) is 0.650. The van der Waals surface area contributed by atoms with E-state index >= 15 is 0 Å². The molecule has 28 heavy (non-hydrogen) atoms. The fourth-order valence-electron chi connectivity index (χ4n) is 3.57. The van der Waals surface area contributed by atoms with E-state index in [0.29, 0.717) is 25.2 Å². The summed E-state index contributed by atoms with van der Waals surface area (Å²) in [5.41, 5.74) is 1.38. The molecule has 0 aliphatic carbocycles. The van der Waals surface area contributed by atoms with Gasteiger partial charge in [0.25, 0.3) is 5.91 Å². The maximum absolute atomic E-state index is 12.9. The van der Waals surface area contributed by atoms with Crippen molar-refractivity contribution in [2.24, 2.45) is 0 Å². The molecule has 0 saturated carbocycles. The van der Waals surface area contributed by atoms with Crippen LogP contribution >= 0.6 is 0 Å². The molecule has 8 heteroatoms. The Morgan fingerprint density at radius 3 is 2.36 bits per heavy atom. The number of carbonyl (C=O) groups is 1. The predicted octanol–water partition coefficient (Wildman–Crippen LogP) is 3.07. The highest BCUT2D eigenvalue weighted by atomic mass is 32.2. The van der Waals surface area contributed by atoms with Crippen LogP contribution in [0, 0.1) is 0 Å². The number of nitrogens with one attached hydrogen (secondary N) is 1. The van der Waals surface area contributed by atoms with Gasteiger partial charge in [0.1, 0.15) is 6.10 Å². The molecule has 1 aromatic carbocycles. The van der Waals surface area contributed by atoms with Crippen molar-refractivity contribution < 1.29 is 17.9 Å². The maximum atomic E-state index is 12.9. The Hall–Kier alpha value is -1.64. The first kappa shape index (κ1) is 22.6. The molecule has 1 amide bonds. The van der Waals surface area contributed by atoms with Crippen molar-refractivity contribution in [3.63, 3.8) is 0 Å². The zero-order valence-corrected chi connectivity index (χ0v) is 18.2. The zero-order valence-electron chi connectivity index (χ0n) is 17.4. The number of methoxy groups -OCH3 is 1. The Morgan fingerprint density at radius 2 is 1.82 bits per heavy atom. The predicted molar refractivity (Wildman–Crippen MR) is 112 cm³/mol. The second kappa shape index (κ2) is 10.2. The number of amides is 1. The monoisotopic (exact) mass is 411 g/mol. The minimum absolute atomic E-state index is 0.192. The largest absolute Gasteiger partial charge is 0.372 e. The van der Waals surface area contributed by atoms with E-state index in [2.05, 4.69) is 10.2 Å². The van der Waals surface area contributed by atoms with Crippen molar-refractivity contribution in [1.29, 1.82) is 0 Å². The van der Waals surface area contributed by atoms with E-state index in [4.69, 9.17) is 4.74 Å². The van der Waals surface area contributed by atoms with E-state index < -0.39 is 16.1 Å². The number of nitrogens with zero attached hydrogens (tertiary/aromatic N) is 2. The Balaban J connectivity index is 2.45. The Morgan fingerprint density at radius 1 is 1.18 bits per heavy atom. The molecule has 1 aliphatic heterocycles. The van der Waals surface area contributed by atoms with Crippen molar-refractivity contribution in [2.75, 3.05) is 43.5 Å². The normalized spacial score (nSPS) is 16.2. The standard InChI is InChI=1S/C20H33N3O4S/c1-5-19(27-4)20(24)21-17-15-16(28(25,26)23(6-2)7-3)11-12-18(17)22-13-9-8-10-14-22/h11-12,15,19H,5-10,13-14H2,1-4H3,(H,21,24). The van der Waals surface area contributed by atoms with Crippen molar-refractivity contribution in [3.05, 3.63) is 18.2 Å². The lowest BCUT2D eigenvalue weighted by Crippen LogP contribution is -2.33. The summed E-state index contributed by atoms with van der Waals surface area (Å²) in [4.78, 5) is 15.0. The summed E-state index contributed by atoms with van der Waals surface area (Å²) in [5.74, 6) is -0.263. The van der Waals surface area contributed by atoms with Gasteiger partial charge in [0.05, 0.1) is 16.3 Å². The van der Waals surface area contributed by atoms with Gasteiger partial charge in [-0.1, -0.05) is 20.8 Å². The van der Waals surface area contributed by atoms with Crippen LogP contribution in [-0.4, -0.2) is 58.0 Å². The number of hydrogen-bond donors (Lipinski definition) is 1. The van der Waals surface area contributed by atoms with Gasteiger partial charge < -0.3 is 15.0 Å². The Kier molecular flexibility index (Phi) is 8.27. The Bertz CT molecular complexity index is 753. The van der Waals surface area contributed by atoms with Crippen LogP contribution in [0.25, 0.3) is 0 Å². The lowest BCUT2D eigenvalue weighted by Gasteiger charge is -2.31. The van der Waals surface area contributed by atoms with Crippen molar-refractivity contribution in [3.8, 4) is 0 Å². The van der Waals surface area contributed by atoms with Crippen LogP contribution in [0.4, 0.5) is 11.4 Å². The summed E-state index contributed by atoms with van der Waals surface area (Å²) in [7, 11) is -2.11. The molecule has 158 valence electrons. The highest BCUT2D eigenvalue weighted by Gasteiger charge is 2.25. The van der Waals surface area contributed by atoms with Crippen LogP contribution in [0.5, 0.6) is 0 Å². The van der Waals surface area contributed by atoms with Crippen LogP contribution in [-0.2, 0) is 19.6 Å². The molecule has 1 atom stereocenters. The molecule has 1 aromatic rings. The number of benzene rings is 1. The van der Waals surface area contributed by atoms with Crippen LogP contribution in [0.15, 0.2) is 23.1 Å². The molecule has 0 spiro atoms. The van der Waals surface area contributed by atoms with E-state index in [-0.39, 0.29) is 10.8 Å². The van der Waals surface area contributed by atoms with E-state index in [0.717, 1.165) is 31.6 Å². The third-order valence-corrected chi connectivity index (χ3v) is 7.26. The zero-order chi connectivity index (χ0) is 20.7. The van der Waals surface area contributed by atoms with Crippen LogP contribution in [0.1, 0.15) is 46.5 Å². The topological polar surface area (TPSA) is 78.9 Å². The lowest BCUT2D eigenvalue weighted by molar-refractivity contribution is -0.125. The molecule has 1 saturated heterocycles. The molecule has 2 rings (SSSR count). The first-order chi connectivity index (χ1) is 13.4. The molecule has 1 fully saturated rings. The SMILES string of the molecule is CCC(OC)C(=O)Nc1cc(S(=O)(=O)N(CC)CC)ccc1N1CCCCC1. The van der Waals surface area contributed by atoms with E-state index in [1.54, 1.807) is 12.1 Å². The number of hydrogen-bond acceptors (Lipinski definition) is 5. The summed E-state index contributed by atoms with van der Waals surface area (Å²) in [6, 6.07) is 5.03. The van der Waals surface area contributed by atoms with Crippen LogP contribution in [0.3, 0.4) is 0 Å². The first-order valence-electron chi connectivity index (χ1n) is 10.1. The maximum Gasteiger partial charge on any atom is 0.253 e. The van der Waals surface area contributed by atoms with Crippen LogP contribution in [0.2, 0.25) is 0 Å². The quantitative estimate of drug-likeness (QED) is 0.676. The number of rotatable bonds is 9. The molecule has 1 N–H and O–H groups in total. The van der Waals surface area contributed by atoms with E-state index in [1.807, 2.05) is 26.8 Å². The summed E-state index contributed by atoms with van der Waals surface area (Å²) < 4.78 is 32.5. The van der Waals surface area contributed by atoms with Crippen molar-refractivity contribution >= 4 is 27.3 Å². The molecular formula is C20H33N3O4S. The van der Waals surface area contributed by atoms with Gasteiger partial charge in [0, 0.05) is 33.3 Å². The highest BCUT2D eigenvalue weighted by molar-refractivity contribution is 7.89. The van der Waals surface area contributed by atoms with Gasteiger partial charge in [0.2, 0.25) is 10.0 Å². The minimum atomic E-state index is -3.61. The molecule has 7 nitrogen and oxygen atoms in total. The molecule has 0 bridgehead atoms. The van der Waals surface area contributed by atoms with Gasteiger partial charge in [-0.2, -0.15) is 4.31 Å².